The van der Waals surface area contributed by atoms with E-state index in [1.807, 2.05) is 44.2 Å². The molecule has 0 saturated heterocycles. The van der Waals surface area contributed by atoms with E-state index in [9.17, 15) is 15.0 Å². The SMILES string of the molecule is [CH2-]C(C)C(O)CCCCCNC(=O)C(C)(C)C(O)\C(C)=C/C=C\C=C\C(C)=C(C)C.[Y]. The predicted molar refractivity (Wildman–Crippen MR) is 128 cm³/mol. The molecule has 0 rings (SSSR count). The quantitative estimate of drug-likeness (QED) is 0.180. The minimum atomic E-state index is -0.914. The number of allylic oxidation sites excluding steroid dienone is 7. The normalized spacial score (nSPS) is 15.5. The standard InChI is InChI=1S/C26H44NO3.Y/c1-19(2)21(5)15-11-9-12-16-22(6)24(29)26(7,8)25(30)27-18-14-10-13-17-23(28)20(3)4;/h9,11-12,15-16,20,23-24,28-29H,3,10,13-14,17-18H2,1-2,4-8H3,(H,27,30);/q-1;/b12-9-,15-11+,22-16-;. The van der Waals surface area contributed by atoms with Crippen LogP contribution in [0.2, 0.25) is 0 Å². The first-order valence-corrected chi connectivity index (χ1v) is 11.0. The van der Waals surface area contributed by atoms with Gasteiger partial charge in [-0.2, -0.15) is 0 Å². The van der Waals surface area contributed by atoms with Crippen molar-refractivity contribution in [1.29, 1.82) is 0 Å². The van der Waals surface area contributed by atoms with Crippen LogP contribution in [0.5, 0.6) is 0 Å². The number of unbranched alkanes of at least 4 members (excludes halogenated alkanes) is 2. The summed E-state index contributed by atoms with van der Waals surface area (Å²) in [4.78, 5) is 12.6. The van der Waals surface area contributed by atoms with Gasteiger partial charge < -0.3 is 22.5 Å². The van der Waals surface area contributed by atoms with Gasteiger partial charge in [0.1, 0.15) is 0 Å². The summed E-state index contributed by atoms with van der Waals surface area (Å²) in [5, 5.41) is 23.4. The first kappa shape index (κ1) is 32.6. The molecular formula is C26H44NO3Y-. The van der Waals surface area contributed by atoms with Crippen LogP contribution < -0.4 is 5.32 Å². The molecule has 3 unspecified atom stereocenters. The Kier molecular flexibility index (Phi) is 17.9. The molecule has 0 aromatic heterocycles. The summed E-state index contributed by atoms with van der Waals surface area (Å²) in [5.41, 5.74) is 2.34. The zero-order valence-corrected chi connectivity index (χ0v) is 23.6. The van der Waals surface area contributed by atoms with Crippen LogP contribution in [0.3, 0.4) is 0 Å². The largest absolute Gasteiger partial charge is 0.396 e. The number of rotatable bonds is 13. The molecule has 5 heteroatoms. The van der Waals surface area contributed by atoms with Gasteiger partial charge in [-0.3, -0.25) is 4.79 Å². The molecule has 1 amide bonds. The van der Waals surface area contributed by atoms with Crippen molar-refractivity contribution in [2.24, 2.45) is 11.3 Å². The van der Waals surface area contributed by atoms with Crippen LogP contribution in [0.25, 0.3) is 0 Å². The number of amides is 1. The summed E-state index contributed by atoms with van der Waals surface area (Å²) >= 11 is 0. The molecule has 0 saturated carbocycles. The first-order chi connectivity index (χ1) is 13.9. The molecule has 1 radical (unpaired) electrons. The van der Waals surface area contributed by atoms with E-state index >= 15 is 0 Å². The molecule has 4 nitrogen and oxygen atoms in total. The Labute approximate surface area is 216 Å². The van der Waals surface area contributed by atoms with Crippen molar-refractivity contribution in [3.8, 4) is 0 Å². The van der Waals surface area contributed by atoms with Gasteiger partial charge in [-0.1, -0.05) is 61.3 Å². The second-order valence-corrected chi connectivity index (χ2v) is 9.11. The smallest absolute Gasteiger partial charge is 0.228 e. The molecule has 3 atom stereocenters. The molecular weight excluding hydrogens is 463 g/mol. The second kappa shape index (κ2) is 17.0. The molecule has 0 spiro atoms. The topological polar surface area (TPSA) is 69.6 Å². The van der Waals surface area contributed by atoms with Crippen molar-refractivity contribution < 1.29 is 47.7 Å². The molecule has 0 heterocycles. The molecule has 0 aliphatic rings. The van der Waals surface area contributed by atoms with Crippen LogP contribution >= 0.6 is 0 Å². The summed E-state index contributed by atoms with van der Waals surface area (Å²) in [6.45, 7) is 17.9. The Bertz CT molecular complexity index is 641. The van der Waals surface area contributed by atoms with Crippen molar-refractivity contribution in [1.82, 2.24) is 5.32 Å². The van der Waals surface area contributed by atoms with Crippen LogP contribution in [0.1, 0.15) is 74.1 Å². The van der Waals surface area contributed by atoms with E-state index < -0.39 is 11.5 Å². The average Bonchev–Trinajstić information content (AvgIpc) is 2.68. The molecule has 3 N–H and O–H groups in total. The number of aliphatic hydroxyl groups is 2. The maximum absolute atomic E-state index is 12.6. The minimum absolute atomic E-state index is 0. The van der Waals surface area contributed by atoms with Gasteiger partial charge >= 0.3 is 0 Å². The summed E-state index contributed by atoms with van der Waals surface area (Å²) in [5.74, 6) is -0.118. The van der Waals surface area contributed by atoms with Crippen molar-refractivity contribution in [3.63, 3.8) is 0 Å². The number of carbonyl (C=O) groups is 1. The van der Waals surface area contributed by atoms with E-state index in [1.54, 1.807) is 13.8 Å². The number of aliphatic hydroxyl groups excluding tert-OH is 2. The van der Waals surface area contributed by atoms with Gasteiger partial charge in [-0.15, -0.1) is 5.92 Å². The summed E-state index contributed by atoms with van der Waals surface area (Å²) in [7, 11) is 0. The molecule has 0 aromatic rings. The Hall–Kier alpha value is -0.546. The maximum atomic E-state index is 12.6. The molecule has 0 fully saturated rings. The molecule has 31 heavy (non-hydrogen) atoms. The van der Waals surface area contributed by atoms with E-state index in [-0.39, 0.29) is 50.6 Å². The van der Waals surface area contributed by atoms with Gasteiger partial charge in [0.25, 0.3) is 0 Å². The molecule has 0 aromatic carbocycles. The first-order valence-electron chi connectivity index (χ1n) is 11.0. The Morgan fingerprint density at radius 3 is 2.19 bits per heavy atom. The van der Waals surface area contributed by atoms with Crippen molar-refractivity contribution in [2.75, 3.05) is 6.54 Å². The average molecular weight is 508 g/mol. The van der Waals surface area contributed by atoms with Crippen LogP contribution in [0.15, 0.2) is 47.1 Å². The van der Waals surface area contributed by atoms with Gasteiger partial charge in [0.05, 0.1) is 11.5 Å². The molecule has 0 aliphatic heterocycles. The van der Waals surface area contributed by atoms with E-state index in [4.69, 9.17) is 0 Å². The van der Waals surface area contributed by atoms with Crippen molar-refractivity contribution in [3.05, 3.63) is 54.0 Å². The van der Waals surface area contributed by atoms with Crippen molar-refractivity contribution in [2.45, 2.75) is 86.4 Å². The second-order valence-electron chi connectivity index (χ2n) is 9.11. The summed E-state index contributed by atoms with van der Waals surface area (Å²) < 4.78 is 0. The number of hydrogen-bond acceptors (Lipinski definition) is 3. The summed E-state index contributed by atoms with van der Waals surface area (Å²) in [6, 6.07) is 0. The maximum Gasteiger partial charge on any atom is 0.228 e. The van der Waals surface area contributed by atoms with E-state index in [0.29, 0.717) is 6.54 Å². The Morgan fingerprint density at radius 2 is 1.65 bits per heavy atom. The molecule has 0 aliphatic carbocycles. The Balaban J connectivity index is 0. The number of hydrogen-bond donors (Lipinski definition) is 3. The monoisotopic (exact) mass is 507 g/mol. The minimum Gasteiger partial charge on any atom is -0.396 e. The summed E-state index contributed by atoms with van der Waals surface area (Å²) in [6.07, 6.45) is 11.9. The number of carbonyl (C=O) groups excluding carboxylic acids is 1. The molecule has 0 bridgehead atoms. The third kappa shape index (κ3) is 13.6. The van der Waals surface area contributed by atoms with E-state index in [0.717, 1.165) is 31.3 Å². The third-order valence-corrected chi connectivity index (χ3v) is 5.54. The fourth-order valence-corrected chi connectivity index (χ4v) is 2.79. The zero-order valence-electron chi connectivity index (χ0n) is 20.7. The van der Waals surface area contributed by atoms with Crippen molar-refractivity contribution >= 4 is 5.91 Å². The Morgan fingerprint density at radius 1 is 1.03 bits per heavy atom. The number of nitrogens with one attached hydrogen (secondary N) is 1. The van der Waals surface area contributed by atoms with Gasteiger partial charge in [0, 0.05) is 45.4 Å². The van der Waals surface area contributed by atoms with Crippen LogP contribution in [0.4, 0.5) is 0 Å². The van der Waals surface area contributed by atoms with Gasteiger partial charge in [-0.05, 0) is 60.0 Å². The predicted octanol–water partition coefficient (Wildman–Crippen LogP) is 5.29. The zero-order chi connectivity index (χ0) is 23.3. The van der Waals surface area contributed by atoms with Gasteiger partial charge in [0.15, 0.2) is 0 Å². The van der Waals surface area contributed by atoms with Crippen LogP contribution in [-0.4, -0.2) is 34.9 Å². The molecule has 175 valence electrons. The van der Waals surface area contributed by atoms with Crippen LogP contribution in [-0.2, 0) is 37.5 Å². The van der Waals surface area contributed by atoms with Gasteiger partial charge in [-0.25, -0.2) is 0 Å². The van der Waals surface area contributed by atoms with Gasteiger partial charge in [0.2, 0.25) is 5.91 Å². The third-order valence-electron chi connectivity index (χ3n) is 5.54. The van der Waals surface area contributed by atoms with E-state index in [2.05, 4.69) is 33.0 Å². The fraction of sp³-hybridized carbons (Fsp3) is 0.615. The fourth-order valence-electron chi connectivity index (χ4n) is 2.79. The van der Waals surface area contributed by atoms with Crippen LogP contribution in [0, 0.1) is 18.3 Å². The van der Waals surface area contributed by atoms with E-state index in [1.165, 1.54) is 11.1 Å².